The number of unbranched alkanes of at least 4 members (excludes halogenated alkanes) is 7. The third-order valence-corrected chi connectivity index (χ3v) is 4.77. The second-order valence-corrected chi connectivity index (χ2v) is 7.22. The molecule has 0 aromatic heterocycles. The lowest BCUT2D eigenvalue weighted by molar-refractivity contribution is 0.0693. The molecule has 2 N–H and O–H groups in total. The van der Waals surface area contributed by atoms with Crippen LogP contribution in [0.1, 0.15) is 79.0 Å². The van der Waals surface area contributed by atoms with Crippen LogP contribution in [0, 0.1) is 0 Å². The molecule has 0 radical (unpaired) electrons. The van der Waals surface area contributed by atoms with E-state index in [1.54, 1.807) is 24.3 Å². The van der Waals surface area contributed by atoms with Crippen LogP contribution in [0.3, 0.4) is 0 Å². The fraction of sp³-hybridized carbons (Fsp3) is 0.417. The lowest BCUT2D eigenvalue weighted by atomic mass is 10.1. The van der Waals surface area contributed by atoms with Crippen LogP contribution in [0.15, 0.2) is 42.5 Å². The van der Waals surface area contributed by atoms with Crippen LogP contribution in [0.5, 0.6) is 17.2 Å². The third-order valence-electron chi connectivity index (χ3n) is 4.77. The molecule has 0 heterocycles. The quantitative estimate of drug-likeness (QED) is 0.243. The number of ether oxygens (including phenoxy) is 2. The summed E-state index contributed by atoms with van der Waals surface area (Å²) in [6, 6.07) is 10.2. The van der Waals surface area contributed by atoms with Crippen molar-refractivity contribution in [3.8, 4) is 17.2 Å². The summed E-state index contributed by atoms with van der Waals surface area (Å²) in [6.45, 7) is 2.87. The van der Waals surface area contributed by atoms with Gasteiger partial charge in [0.1, 0.15) is 22.8 Å². The van der Waals surface area contributed by atoms with Crippen molar-refractivity contribution in [3.63, 3.8) is 0 Å². The Balaban J connectivity index is 1.72. The van der Waals surface area contributed by atoms with Crippen molar-refractivity contribution in [2.75, 3.05) is 6.61 Å². The highest BCUT2D eigenvalue weighted by Gasteiger charge is 2.13. The molecule has 0 unspecified atom stereocenters. The summed E-state index contributed by atoms with van der Waals surface area (Å²) in [7, 11) is 0. The summed E-state index contributed by atoms with van der Waals surface area (Å²) >= 11 is 0. The van der Waals surface area contributed by atoms with Crippen LogP contribution < -0.4 is 9.47 Å². The van der Waals surface area contributed by atoms with Crippen LogP contribution in [-0.4, -0.2) is 28.8 Å². The molecular formula is C24H30O6. The number of aromatic carboxylic acids is 1. The number of carbonyl (C=O) groups is 2. The molecule has 2 rings (SSSR count). The van der Waals surface area contributed by atoms with Gasteiger partial charge in [0.25, 0.3) is 0 Å². The van der Waals surface area contributed by atoms with Gasteiger partial charge in [-0.25, -0.2) is 9.59 Å². The first-order valence-electron chi connectivity index (χ1n) is 10.5. The largest absolute Gasteiger partial charge is 0.507 e. The molecular weight excluding hydrogens is 384 g/mol. The van der Waals surface area contributed by atoms with Crippen LogP contribution in [0.4, 0.5) is 0 Å². The highest BCUT2D eigenvalue weighted by atomic mass is 16.5. The molecule has 2 aromatic rings. The SMILES string of the molecule is CCCCCCCCCCOc1ccc(C(=O)Oc2ccc(C(=O)O)c(O)c2)cc1. The molecule has 0 amide bonds. The van der Waals surface area contributed by atoms with Gasteiger partial charge in [0.2, 0.25) is 0 Å². The van der Waals surface area contributed by atoms with E-state index in [1.807, 2.05) is 0 Å². The summed E-state index contributed by atoms with van der Waals surface area (Å²) in [5.74, 6) is -1.56. The Morgan fingerprint density at radius 3 is 2.03 bits per heavy atom. The van der Waals surface area contributed by atoms with Crippen LogP contribution >= 0.6 is 0 Å². The number of carbonyl (C=O) groups excluding carboxylic acids is 1. The Hall–Kier alpha value is -3.02. The first-order valence-corrected chi connectivity index (χ1v) is 10.5. The van der Waals surface area contributed by atoms with E-state index >= 15 is 0 Å². The van der Waals surface area contributed by atoms with Gasteiger partial charge >= 0.3 is 11.9 Å². The van der Waals surface area contributed by atoms with E-state index in [0.29, 0.717) is 17.9 Å². The number of rotatable bonds is 13. The summed E-state index contributed by atoms with van der Waals surface area (Å²) in [5.41, 5.74) is 0.0732. The molecule has 6 heteroatoms. The number of aromatic hydroxyl groups is 1. The van der Waals surface area contributed by atoms with Crippen molar-refractivity contribution in [3.05, 3.63) is 53.6 Å². The number of carboxylic acid groups (broad SMARTS) is 1. The van der Waals surface area contributed by atoms with Gasteiger partial charge in [0.05, 0.1) is 12.2 Å². The second kappa shape index (κ2) is 12.5. The minimum atomic E-state index is -1.26. The van der Waals surface area contributed by atoms with Crippen molar-refractivity contribution < 1.29 is 29.3 Å². The fourth-order valence-electron chi connectivity index (χ4n) is 3.03. The molecule has 0 bridgehead atoms. The lowest BCUT2D eigenvalue weighted by Gasteiger charge is -2.08. The summed E-state index contributed by atoms with van der Waals surface area (Å²) in [6.07, 6.45) is 9.93. The van der Waals surface area contributed by atoms with E-state index in [-0.39, 0.29) is 11.3 Å². The summed E-state index contributed by atoms with van der Waals surface area (Å²) in [5, 5.41) is 18.6. The molecule has 2 aromatic carbocycles. The van der Waals surface area contributed by atoms with Gasteiger partial charge in [-0.05, 0) is 42.8 Å². The maximum atomic E-state index is 12.2. The minimum absolute atomic E-state index is 0.0671. The van der Waals surface area contributed by atoms with E-state index in [4.69, 9.17) is 14.6 Å². The van der Waals surface area contributed by atoms with Gasteiger partial charge < -0.3 is 19.7 Å². The Labute approximate surface area is 177 Å². The van der Waals surface area contributed by atoms with Gasteiger partial charge in [0.15, 0.2) is 0 Å². The van der Waals surface area contributed by atoms with Gasteiger partial charge in [0, 0.05) is 6.07 Å². The number of esters is 1. The number of phenols is 1. The molecule has 0 saturated carbocycles. The van der Waals surface area contributed by atoms with Crippen molar-refractivity contribution >= 4 is 11.9 Å². The average Bonchev–Trinajstić information content (AvgIpc) is 2.72. The topological polar surface area (TPSA) is 93.1 Å². The maximum absolute atomic E-state index is 12.2. The van der Waals surface area contributed by atoms with Gasteiger partial charge in [-0.3, -0.25) is 0 Å². The standard InChI is InChI=1S/C24H30O6/c1-2-3-4-5-6-7-8-9-16-29-19-12-10-18(11-13-19)24(28)30-20-14-15-21(23(26)27)22(25)17-20/h10-15,17,25H,2-9,16H2,1H3,(H,26,27). The predicted octanol–water partition coefficient (Wildman–Crippen LogP) is 5.83. The molecule has 0 spiro atoms. The van der Waals surface area contributed by atoms with Gasteiger partial charge in [-0.2, -0.15) is 0 Å². The van der Waals surface area contributed by atoms with Crippen molar-refractivity contribution in [1.29, 1.82) is 0 Å². The lowest BCUT2D eigenvalue weighted by Crippen LogP contribution is -2.09. The Bertz CT molecular complexity index is 813. The van der Waals surface area contributed by atoms with E-state index in [9.17, 15) is 14.7 Å². The smallest absolute Gasteiger partial charge is 0.343 e. The van der Waals surface area contributed by atoms with Gasteiger partial charge in [-0.1, -0.05) is 51.9 Å². The van der Waals surface area contributed by atoms with Crippen LogP contribution in [-0.2, 0) is 0 Å². The Kier molecular flexibility index (Phi) is 9.71. The number of hydrogen-bond donors (Lipinski definition) is 2. The molecule has 0 aliphatic heterocycles. The van der Waals surface area contributed by atoms with E-state index in [1.165, 1.54) is 50.7 Å². The molecule has 30 heavy (non-hydrogen) atoms. The Morgan fingerprint density at radius 2 is 1.43 bits per heavy atom. The molecule has 0 atom stereocenters. The molecule has 0 saturated heterocycles. The van der Waals surface area contributed by atoms with Crippen molar-refractivity contribution in [2.24, 2.45) is 0 Å². The normalized spacial score (nSPS) is 10.6. The zero-order valence-electron chi connectivity index (χ0n) is 17.4. The predicted molar refractivity (Wildman–Crippen MR) is 115 cm³/mol. The zero-order chi connectivity index (χ0) is 21.8. The van der Waals surface area contributed by atoms with E-state index in [2.05, 4.69) is 6.92 Å². The highest BCUT2D eigenvalue weighted by Crippen LogP contribution is 2.24. The maximum Gasteiger partial charge on any atom is 0.343 e. The number of benzene rings is 2. The third kappa shape index (κ3) is 7.78. The summed E-state index contributed by atoms with van der Waals surface area (Å²) < 4.78 is 10.9. The zero-order valence-corrected chi connectivity index (χ0v) is 17.4. The summed E-state index contributed by atoms with van der Waals surface area (Å²) in [4.78, 5) is 23.1. The average molecular weight is 414 g/mol. The van der Waals surface area contributed by atoms with E-state index < -0.39 is 17.7 Å². The highest BCUT2D eigenvalue weighted by molar-refractivity contribution is 5.93. The monoisotopic (exact) mass is 414 g/mol. The fourth-order valence-corrected chi connectivity index (χ4v) is 3.03. The molecule has 162 valence electrons. The Morgan fingerprint density at radius 1 is 0.833 bits per heavy atom. The van der Waals surface area contributed by atoms with Crippen molar-refractivity contribution in [1.82, 2.24) is 0 Å². The second-order valence-electron chi connectivity index (χ2n) is 7.22. The van der Waals surface area contributed by atoms with Crippen LogP contribution in [0.25, 0.3) is 0 Å². The minimum Gasteiger partial charge on any atom is -0.507 e. The first-order chi connectivity index (χ1) is 14.5. The molecule has 0 aliphatic carbocycles. The number of hydrogen-bond acceptors (Lipinski definition) is 5. The van der Waals surface area contributed by atoms with Crippen LogP contribution in [0.2, 0.25) is 0 Å². The molecule has 0 fully saturated rings. The molecule has 0 aliphatic rings. The van der Waals surface area contributed by atoms with Crippen molar-refractivity contribution in [2.45, 2.75) is 58.3 Å². The molecule has 6 nitrogen and oxygen atoms in total. The first kappa shape index (κ1) is 23.3. The van der Waals surface area contributed by atoms with Gasteiger partial charge in [-0.15, -0.1) is 0 Å². The van der Waals surface area contributed by atoms with E-state index in [0.717, 1.165) is 18.9 Å². The number of carboxylic acids is 1.